The van der Waals surface area contributed by atoms with Crippen molar-refractivity contribution in [2.45, 2.75) is 6.42 Å². The molecule has 1 fully saturated rings. The van der Waals surface area contributed by atoms with Gasteiger partial charge in [0.2, 0.25) is 5.91 Å². The van der Waals surface area contributed by atoms with Gasteiger partial charge in [-0.15, -0.1) is 0 Å². The second-order valence-electron chi connectivity index (χ2n) is 4.75. The first-order valence-electron chi connectivity index (χ1n) is 6.68. The SMILES string of the molecule is O=C(Cc1cccc(F)c1)NCCN1CCNCC1. The molecule has 1 heterocycles. The van der Waals surface area contributed by atoms with E-state index in [1.807, 2.05) is 0 Å². The lowest BCUT2D eigenvalue weighted by Crippen LogP contribution is -2.46. The van der Waals surface area contributed by atoms with Crippen LogP contribution in [0.25, 0.3) is 0 Å². The van der Waals surface area contributed by atoms with Gasteiger partial charge in [-0.05, 0) is 17.7 Å². The van der Waals surface area contributed by atoms with Gasteiger partial charge in [0.25, 0.3) is 0 Å². The summed E-state index contributed by atoms with van der Waals surface area (Å²) >= 11 is 0. The molecule has 0 unspecified atom stereocenters. The summed E-state index contributed by atoms with van der Waals surface area (Å²) in [5.74, 6) is -0.355. The van der Waals surface area contributed by atoms with Crippen molar-refractivity contribution in [3.8, 4) is 0 Å². The summed E-state index contributed by atoms with van der Waals surface area (Å²) in [4.78, 5) is 14.0. The van der Waals surface area contributed by atoms with E-state index in [2.05, 4.69) is 15.5 Å². The normalized spacial score (nSPS) is 16.3. The van der Waals surface area contributed by atoms with Crippen molar-refractivity contribution in [3.05, 3.63) is 35.6 Å². The molecule has 0 radical (unpaired) electrons. The number of nitrogens with zero attached hydrogens (tertiary/aromatic N) is 1. The average molecular weight is 265 g/mol. The van der Waals surface area contributed by atoms with Gasteiger partial charge >= 0.3 is 0 Å². The molecule has 2 rings (SSSR count). The number of carbonyl (C=O) groups excluding carboxylic acids is 1. The molecule has 1 aromatic carbocycles. The molecule has 1 aliphatic heterocycles. The first-order valence-corrected chi connectivity index (χ1v) is 6.68. The summed E-state index contributed by atoms with van der Waals surface area (Å²) in [6.07, 6.45) is 0.235. The van der Waals surface area contributed by atoms with E-state index in [0.29, 0.717) is 12.1 Å². The standard InChI is InChI=1S/C14H20FN3O/c15-13-3-1-2-12(10-13)11-14(19)17-6-9-18-7-4-16-5-8-18/h1-3,10,16H,4-9,11H2,(H,17,19). The summed E-state index contributed by atoms with van der Waals surface area (Å²) in [6, 6.07) is 6.17. The van der Waals surface area contributed by atoms with E-state index < -0.39 is 0 Å². The zero-order valence-corrected chi connectivity index (χ0v) is 11.0. The fourth-order valence-corrected chi connectivity index (χ4v) is 2.18. The number of benzene rings is 1. The lowest BCUT2D eigenvalue weighted by molar-refractivity contribution is -0.120. The molecule has 19 heavy (non-hydrogen) atoms. The highest BCUT2D eigenvalue weighted by Gasteiger charge is 2.09. The summed E-state index contributed by atoms with van der Waals surface area (Å²) in [6.45, 7) is 5.60. The molecule has 0 aliphatic carbocycles. The minimum atomic E-state index is -0.300. The van der Waals surface area contributed by atoms with Gasteiger partial charge in [0.15, 0.2) is 0 Å². The number of carbonyl (C=O) groups is 1. The molecule has 1 saturated heterocycles. The van der Waals surface area contributed by atoms with Gasteiger partial charge in [-0.1, -0.05) is 12.1 Å². The Kier molecular flexibility index (Phi) is 5.30. The van der Waals surface area contributed by atoms with Crippen molar-refractivity contribution >= 4 is 5.91 Å². The van der Waals surface area contributed by atoms with Crippen LogP contribution in [0.15, 0.2) is 24.3 Å². The molecule has 1 aliphatic rings. The maximum atomic E-state index is 13.0. The van der Waals surface area contributed by atoms with Crippen molar-refractivity contribution in [1.82, 2.24) is 15.5 Å². The zero-order valence-electron chi connectivity index (χ0n) is 11.0. The largest absolute Gasteiger partial charge is 0.355 e. The van der Waals surface area contributed by atoms with Gasteiger partial charge in [0.1, 0.15) is 5.82 Å². The Morgan fingerprint density at radius 3 is 2.89 bits per heavy atom. The van der Waals surface area contributed by atoms with Gasteiger partial charge in [0, 0.05) is 39.3 Å². The smallest absolute Gasteiger partial charge is 0.224 e. The fraction of sp³-hybridized carbons (Fsp3) is 0.500. The number of halogens is 1. The Morgan fingerprint density at radius 1 is 1.37 bits per heavy atom. The number of hydrogen-bond donors (Lipinski definition) is 2. The van der Waals surface area contributed by atoms with Crippen LogP contribution in [0.2, 0.25) is 0 Å². The van der Waals surface area contributed by atoms with Crippen LogP contribution in [0, 0.1) is 5.82 Å². The Hall–Kier alpha value is -1.46. The Morgan fingerprint density at radius 2 is 2.16 bits per heavy atom. The van der Waals surface area contributed by atoms with Crippen molar-refractivity contribution in [1.29, 1.82) is 0 Å². The van der Waals surface area contributed by atoms with Crippen LogP contribution >= 0.6 is 0 Å². The van der Waals surface area contributed by atoms with Crippen molar-refractivity contribution < 1.29 is 9.18 Å². The number of piperazine rings is 1. The Bertz CT molecular complexity index is 419. The van der Waals surface area contributed by atoms with Crippen LogP contribution in [-0.2, 0) is 11.2 Å². The molecular formula is C14H20FN3O. The van der Waals surface area contributed by atoms with E-state index in [9.17, 15) is 9.18 Å². The predicted molar refractivity (Wildman–Crippen MR) is 72.4 cm³/mol. The highest BCUT2D eigenvalue weighted by molar-refractivity contribution is 5.78. The van der Waals surface area contributed by atoms with Gasteiger partial charge < -0.3 is 10.6 Å². The molecule has 0 aromatic heterocycles. The van der Waals surface area contributed by atoms with Crippen LogP contribution in [-0.4, -0.2) is 50.1 Å². The van der Waals surface area contributed by atoms with Crippen LogP contribution < -0.4 is 10.6 Å². The summed E-state index contributed by atoms with van der Waals surface area (Å²) in [7, 11) is 0. The highest BCUT2D eigenvalue weighted by atomic mass is 19.1. The Balaban J connectivity index is 1.67. The van der Waals surface area contributed by atoms with Crippen molar-refractivity contribution in [2.75, 3.05) is 39.3 Å². The predicted octanol–water partition coefficient (Wildman–Crippen LogP) is 0.390. The molecule has 0 saturated carbocycles. The molecule has 0 bridgehead atoms. The van der Waals surface area contributed by atoms with Gasteiger partial charge in [0.05, 0.1) is 6.42 Å². The highest BCUT2D eigenvalue weighted by Crippen LogP contribution is 2.03. The number of nitrogens with one attached hydrogen (secondary N) is 2. The van der Waals surface area contributed by atoms with E-state index in [1.165, 1.54) is 12.1 Å². The van der Waals surface area contributed by atoms with Crippen LogP contribution in [0.1, 0.15) is 5.56 Å². The second-order valence-corrected chi connectivity index (χ2v) is 4.75. The third-order valence-corrected chi connectivity index (χ3v) is 3.21. The summed E-state index contributed by atoms with van der Waals surface area (Å²) in [5, 5.41) is 6.16. The van der Waals surface area contributed by atoms with Crippen LogP contribution in [0.5, 0.6) is 0 Å². The average Bonchev–Trinajstić information content (AvgIpc) is 2.40. The first kappa shape index (κ1) is 14.0. The van der Waals surface area contributed by atoms with Crippen molar-refractivity contribution in [2.24, 2.45) is 0 Å². The number of amides is 1. The number of rotatable bonds is 5. The topological polar surface area (TPSA) is 44.4 Å². The number of hydrogen-bond acceptors (Lipinski definition) is 3. The molecule has 1 amide bonds. The zero-order chi connectivity index (χ0) is 13.5. The van der Waals surface area contributed by atoms with E-state index in [0.717, 1.165) is 32.7 Å². The van der Waals surface area contributed by atoms with Crippen LogP contribution in [0.3, 0.4) is 0 Å². The first-order chi connectivity index (χ1) is 9.24. The molecule has 5 heteroatoms. The minimum absolute atomic E-state index is 0.0549. The maximum absolute atomic E-state index is 13.0. The van der Waals surface area contributed by atoms with E-state index in [1.54, 1.807) is 12.1 Å². The van der Waals surface area contributed by atoms with E-state index in [-0.39, 0.29) is 18.1 Å². The monoisotopic (exact) mass is 265 g/mol. The third kappa shape index (κ3) is 4.96. The van der Waals surface area contributed by atoms with Gasteiger partial charge in [-0.2, -0.15) is 0 Å². The lowest BCUT2D eigenvalue weighted by atomic mass is 10.1. The quantitative estimate of drug-likeness (QED) is 0.809. The van der Waals surface area contributed by atoms with Crippen molar-refractivity contribution in [3.63, 3.8) is 0 Å². The van der Waals surface area contributed by atoms with Crippen LogP contribution in [0.4, 0.5) is 4.39 Å². The molecule has 1 aromatic rings. The molecule has 104 valence electrons. The molecule has 4 nitrogen and oxygen atoms in total. The molecule has 0 atom stereocenters. The molecule has 0 spiro atoms. The van der Waals surface area contributed by atoms with Gasteiger partial charge in [-0.25, -0.2) is 4.39 Å². The van der Waals surface area contributed by atoms with E-state index >= 15 is 0 Å². The Labute approximate surface area is 113 Å². The summed E-state index contributed by atoms with van der Waals surface area (Å²) in [5.41, 5.74) is 0.708. The minimum Gasteiger partial charge on any atom is -0.355 e. The molecular weight excluding hydrogens is 245 g/mol. The maximum Gasteiger partial charge on any atom is 0.224 e. The third-order valence-electron chi connectivity index (χ3n) is 3.21. The van der Waals surface area contributed by atoms with E-state index in [4.69, 9.17) is 0 Å². The molecule has 2 N–H and O–H groups in total. The van der Waals surface area contributed by atoms with Gasteiger partial charge in [-0.3, -0.25) is 9.69 Å². The second kappa shape index (κ2) is 7.21. The lowest BCUT2D eigenvalue weighted by Gasteiger charge is -2.27. The summed E-state index contributed by atoms with van der Waals surface area (Å²) < 4.78 is 13.0. The fourth-order valence-electron chi connectivity index (χ4n) is 2.18.